The van der Waals surface area contributed by atoms with Gasteiger partial charge in [-0.05, 0) is 0 Å². The van der Waals surface area contributed by atoms with Gasteiger partial charge in [-0.3, -0.25) is 0 Å². The zero-order valence-corrected chi connectivity index (χ0v) is 7.54. The first-order valence-electron chi connectivity index (χ1n) is 4.41. The molecule has 0 rings (SSSR count). The van der Waals surface area contributed by atoms with Gasteiger partial charge in [-0.25, -0.2) is 0 Å². The van der Waals surface area contributed by atoms with E-state index in [-0.39, 0.29) is 0 Å². The zero-order chi connectivity index (χ0) is 7.54. The van der Waals surface area contributed by atoms with E-state index >= 15 is 0 Å². The molecule has 0 radical (unpaired) electrons. The topological polar surface area (TPSA) is 0 Å². The van der Waals surface area contributed by atoms with Crippen molar-refractivity contribution in [2.24, 2.45) is 0 Å². The summed E-state index contributed by atoms with van der Waals surface area (Å²) in [5.41, 5.74) is 2.00. The van der Waals surface area contributed by atoms with Crippen molar-refractivity contribution in [3.05, 3.63) is 0 Å². The van der Waals surface area contributed by atoms with Crippen LogP contribution in [0.3, 0.4) is 0 Å². The number of unbranched alkanes of at least 4 members (excludes halogenated alkanes) is 3. The van der Waals surface area contributed by atoms with Crippen molar-refractivity contribution in [1.82, 2.24) is 0 Å². The Balaban J connectivity index is 0. The molecule has 0 amide bonds. The van der Waals surface area contributed by atoms with Gasteiger partial charge < -0.3 is 0 Å². The summed E-state index contributed by atoms with van der Waals surface area (Å²) in [4.78, 5) is 0. The van der Waals surface area contributed by atoms with Gasteiger partial charge in [-0.15, -0.1) is 0 Å². The molecule has 0 N–H and O–H groups in total. The molecule has 2 heteroatoms. The van der Waals surface area contributed by atoms with Crippen LogP contribution in [0.25, 0.3) is 0 Å². The molecule has 0 saturated heterocycles. The third-order valence-electron chi connectivity index (χ3n) is 1.21. The van der Waals surface area contributed by atoms with Gasteiger partial charge in [0, 0.05) is 0 Å². The first kappa shape index (κ1) is 12.8. The SMILES string of the molecule is [Li][CH2]CCCCC.[Li][CH3]. The second kappa shape index (κ2) is 16.1. The van der Waals surface area contributed by atoms with Gasteiger partial charge >= 0.3 is 78.7 Å². The quantitative estimate of drug-likeness (QED) is 0.388. The third kappa shape index (κ3) is 17.6. The second-order valence-electron chi connectivity index (χ2n) is 2.06. The molecule has 9 heavy (non-hydrogen) atoms. The first-order chi connectivity index (χ1) is 4.41. The summed E-state index contributed by atoms with van der Waals surface area (Å²) in [6, 6.07) is 0. The van der Waals surface area contributed by atoms with Crippen LogP contribution < -0.4 is 0 Å². The van der Waals surface area contributed by atoms with E-state index in [1.54, 1.807) is 0 Å². The van der Waals surface area contributed by atoms with Crippen molar-refractivity contribution in [3.8, 4) is 0 Å². The Hall–Kier alpha value is 1.19. The predicted octanol–water partition coefficient (Wildman–Crippen LogP) is 2.36. The van der Waals surface area contributed by atoms with Crippen molar-refractivity contribution >= 4 is 35.4 Å². The summed E-state index contributed by atoms with van der Waals surface area (Å²) in [5.74, 6) is 0. The molecule has 0 heterocycles. The third-order valence-corrected chi connectivity index (χ3v) is 1.21. The van der Waals surface area contributed by atoms with E-state index in [1.165, 1.54) is 30.8 Å². The Morgan fingerprint density at radius 2 is 1.56 bits per heavy atom. The molecule has 0 spiro atoms. The fraction of sp³-hybridized carbons (Fsp3) is 1.00. The molecule has 46 valence electrons. The van der Waals surface area contributed by atoms with E-state index in [4.69, 9.17) is 0 Å². The van der Waals surface area contributed by atoms with Gasteiger partial charge in [0.05, 0.1) is 0 Å². The molecular weight excluding hydrogens is 98.0 g/mol. The normalized spacial score (nSPS) is 8.22. The fourth-order valence-electron chi connectivity index (χ4n) is 0.677. The number of rotatable bonds is 4. The van der Waals surface area contributed by atoms with Crippen molar-refractivity contribution in [1.29, 1.82) is 0 Å². The molecule has 0 saturated carbocycles. The second-order valence-corrected chi connectivity index (χ2v) is 2.06. The summed E-state index contributed by atoms with van der Waals surface area (Å²) in [6.07, 6.45) is 5.65. The number of hydrogen-bond acceptors (Lipinski definition) is 0. The van der Waals surface area contributed by atoms with Crippen molar-refractivity contribution in [3.63, 3.8) is 0 Å². The zero-order valence-electron chi connectivity index (χ0n) is 7.54. The Labute approximate surface area is 78.6 Å². The molecule has 0 fully saturated rings. The Bertz CT molecular complexity index is 26.1. The van der Waals surface area contributed by atoms with Gasteiger partial charge in [-0.2, -0.15) is 0 Å². The Morgan fingerprint density at radius 1 is 1.00 bits per heavy atom. The molecule has 0 unspecified atom stereocenters. The van der Waals surface area contributed by atoms with Crippen LogP contribution in [-0.2, 0) is 0 Å². The van der Waals surface area contributed by atoms with E-state index in [9.17, 15) is 0 Å². The summed E-state index contributed by atoms with van der Waals surface area (Å²) in [5, 5.41) is 1.36. The maximum atomic E-state index is 2.25. The van der Waals surface area contributed by atoms with Crippen LogP contribution >= 0.6 is 0 Å². The molecule has 0 aromatic carbocycles. The van der Waals surface area contributed by atoms with Crippen LogP contribution in [-0.4, -0.2) is 35.4 Å². The monoisotopic (exact) mass is 114 g/mol. The van der Waals surface area contributed by atoms with Gasteiger partial charge in [0.1, 0.15) is 0 Å². The van der Waals surface area contributed by atoms with Gasteiger partial charge in [-0.1, -0.05) is 0 Å². The van der Waals surface area contributed by atoms with Crippen LogP contribution in [0.4, 0.5) is 0 Å². The molecule has 0 atom stereocenters. The summed E-state index contributed by atoms with van der Waals surface area (Å²) in [7, 11) is 0. The fourth-order valence-corrected chi connectivity index (χ4v) is 0.677. The molecular formula is C7H16Li2. The average molecular weight is 114 g/mol. The molecule has 0 aliphatic carbocycles. The van der Waals surface area contributed by atoms with Gasteiger partial charge in [0.2, 0.25) is 0 Å². The summed E-state index contributed by atoms with van der Waals surface area (Å²) < 4.78 is 0. The Kier molecular flexibility index (Phi) is 22.9. The molecule has 0 nitrogen and oxygen atoms in total. The van der Waals surface area contributed by atoms with E-state index in [2.05, 4.69) is 24.6 Å². The van der Waals surface area contributed by atoms with Crippen molar-refractivity contribution in [2.45, 2.75) is 43.3 Å². The standard InChI is InChI=1S/C6H13.CH3.2Li/c1-3-5-6-4-2;;;/h1,3-6H2,2H3;1H3;;. The van der Waals surface area contributed by atoms with E-state index in [0.717, 1.165) is 0 Å². The molecule has 0 aliphatic heterocycles. The molecule has 0 aromatic heterocycles. The van der Waals surface area contributed by atoms with Crippen LogP contribution in [0.5, 0.6) is 0 Å². The van der Waals surface area contributed by atoms with Crippen LogP contribution in [0.15, 0.2) is 0 Å². The Morgan fingerprint density at radius 3 is 1.89 bits per heavy atom. The maximum absolute atomic E-state index is 2.25. The van der Waals surface area contributed by atoms with E-state index < -0.39 is 0 Å². The summed E-state index contributed by atoms with van der Waals surface area (Å²) >= 11 is 4.25. The number of hydrogen-bond donors (Lipinski definition) is 0. The average Bonchev–Trinajstić information content (AvgIpc) is 1.94. The van der Waals surface area contributed by atoms with Crippen LogP contribution in [0, 0.1) is 0 Å². The van der Waals surface area contributed by atoms with Gasteiger partial charge in [0.15, 0.2) is 0 Å². The van der Waals surface area contributed by atoms with Crippen molar-refractivity contribution in [2.75, 3.05) is 0 Å². The molecule has 0 bridgehead atoms. The van der Waals surface area contributed by atoms with E-state index in [1.807, 2.05) is 23.3 Å². The van der Waals surface area contributed by atoms with Gasteiger partial charge in [0.25, 0.3) is 0 Å². The molecule has 0 aliphatic rings. The molecule has 0 aromatic rings. The van der Waals surface area contributed by atoms with Crippen molar-refractivity contribution < 1.29 is 0 Å². The summed E-state index contributed by atoms with van der Waals surface area (Å²) in [6.45, 7) is 2.25. The first-order valence-corrected chi connectivity index (χ1v) is 4.41. The minimum atomic E-state index is 1.36. The van der Waals surface area contributed by atoms with Crippen LogP contribution in [0.1, 0.15) is 32.6 Å². The van der Waals surface area contributed by atoms with E-state index in [0.29, 0.717) is 0 Å². The minimum absolute atomic E-state index is 1.36. The van der Waals surface area contributed by atoms with Crippen LogP contribution in [0.2, 0.25) is 10.7 Å². The predicted molar refractivity (Wildman–Crippen MR) is 46.3 cm³/mol.